The second kappa shape index (κ2) is 5.41. The van der Waals surface area contributed by atoms with E-state index in [2.05, 4.69) is 17.3 Å². The quantitative estimate of drug-likeness (QED) is 0.836. The Labute approximate surface area is 96.5 Å². The fourth-order valence-corrected chi connectivity index (χ4v) is 2.22. The standard InChI is InChI=1S/C13H19FN2/c1-16-8-7-15-13(10-16)6-5-11-3-2-4-12(14)9-11/h2-4,9,13,15H,5-8,10H2,1H3. The van der Waals surface area contributed by atoms with E-state index in [9.17, 15) is 4.39 Å². The van der Waals surface area contributed by atoms with Crippen LogP contribution >= 0.6 is 0 Å². The Morgan fingerprint density at radius 1 is 1.50 bits per heavy atom. The lowest BCUT2D eigenvalue weighted by molar-refractivity contribution is 0.232. The number of hydrogen-bond donors (Lipinski definition) is 1. The van der Waals surface area contributed by atoms with Crippen molar-refractivity contribution in [1.82, 2.24) is 10.2 Å². The molecule has 2 nitrogen and oxygen atoms in total. The molecular weight excluding hydrogens is 203 g/mol. The summed E-state index contributed by atoms with van der Waals surface area (Å²) in [6, 6.07) is 7.45. The molecule has 0 spiro atoms. The summed E-state index contributed by atoms with van der Waals surface area (Å²) in [5.41, 5.74) is 1.09. The largest absolute Gasteiger partial charge is 0.311 e. The molecule has 1 aromatic rings. The number of hydrogen-bond acceptors (Lipinski definition) is 2. The Balaban J connectivity index is 1.82. The van der Waals surface area contributed by atoms with Gasteiger partial charge in [0, 0.05) is 25.7 Å². The van der Waals surface area contributed by atoms with E-state index in [0.29, 0.717) is 6.04 Å². The van der Waals surface area contributed by atoms with E-state index >= 15 is 0 Å². The van der Waals surface area contributed by atoms with E-state index in [1.807, 2.05) is 6.07 Å². The Morgan fingerprint density at radius 2 is 2.38 bits per heavy atom. The number of benzene rings is 1. The molecule has 1 heterocycles. The van der Waals surface area contributed by atoms with Crippen molar-refractivity contribution in [3.05, 3.63) is 35.6 Å². The number of nitrogens with zero attached hydrogens (tertiary/aromatic N) is 1. The van der Waals surface area contributed by atoms with Crippen molar-refractivity contribution >= 4 is 0 Å². The summed E-state index contributed by atoms with van der Waals surface area (Å²) in [4.78, 5) is 2.34. The predicted octanol–water partition coefficient (Wildman–Crippen LogP) is 1.66. The molecule has 0 saturated carbocycles. The van der Waals surface area contributed by atoms with Gasteiger partial charge in [-0.05, 0) is 37.6 Å². The predicted molar refractivity (Wildman–Crippen MR) is 64.0 cm³/mol. The molecule has 1 atom stereocenters. The van der Waals surface area contributed by atoms with E-state index in [0.717, 1.165) is 38.0 Å². The highest BCUT2D eigenvalue weighted by Crippen LogP contribution is 2.09. The van der Waals surface area contributed by atoms with E-state index in [1.165, 1.54) is 6.07 Å². The summed E-state index contributed by atoms with van der Waals surface area (Å²) < 4.78 is 13.0. The molecular formula is C13H19FN2. The topological polar surface area (TPSA) is 15.3 Å². The molecule has 1 aliphatic rings. The van der Waals surface area contributed by atoms with Gasteiger partial charge in [0.1, 0.15) is 5.82 Å². The van der Waals surface area contributed by atoms with Crippen LogP contribution in [0.5, 0.6) is 0 Å². The molecule has 1 fully saturated rings. The maximum Gasteiger partial charge on any atom is 0.123 e. The molecule has 1 aromatic carbocycles. The third-order valence-electron chi connectivity index (χ3n) is 3.13. The van der Waals surface area contributed by atoms with Gasteiger partial charge < -0.3 is 10.2 Å². The molecule has 1 N–H and O–H groups in total. The summed E-state index contributed by atoms with van der Waals surface area (Å²) in [7, 11) is 2.15. The normalized spacial score (nSPS) is 22.2. The first-order valence-electron chi connectivity index (χ1n) is 5.90. The van der Waals surface area contributed by atoms with E-state index in [1.54, 1.807) is 12.1 Å². The third kappa shape index (κ3) is 3.29. The van der Waals surface area contributed by atoms with Gasteiger partial charge in [0.05, 0.1) is 0 Å². The zero-order chi connectivity index (χ0) is 11.4. The zero-order valence-electron chi connectivity index (χ0n) is 9.75. The average Bonchev–Trinajstić information content (AvgIpc) is 2.27. The highest BCUT2D eigenvalue weighted by molar-refractivity contribution is 5.16. The fourth-order valence-electron chi connectivity index (χ4n) is 2.22. The van der Waals surface area contributed by atoms with Gasteiger partial charge in [-0.3, -0.25) is 0 Å². The molecule has 0 aromatic heterocycles. The maximum absolute atomic E-state index is 13.0. The Hall–Kier alpha value is -0.930. The fraction of sp³-hybridized carbons (Fsp3) is 0.538. The number of halogens is 1. The number of piperazine rings is 1. The van der Waals surface area contributed by atoms with Crippen molar-refractivity contribution in [1.29, 1.82) is 0 Å². The molecule has 0 amide bonds. The second-order valence-corrected chi connectivity index (χ2v) is 4.58. The highest BCUT2D eigenvalue weighted by Gasteiger charge is 2.15. The lowest BCUT2D eigenvalue weighted by atomic mass is 10.0. The average molecular weight is 222 g/mol. The molecule has 0 bridgehead atoms. The smallest absolute Gasteiger partial charge is 0.123 e. The van der Waals surface area contributed by atoms with Crippen LogP contribution in [-0.2, 0) is 6.42 Å². The number of rotatable bonds is 3. The van der Waals surface area contributed by atoms with Gasteiger partial charge in [-0.25, -0.2) is 4.39 Å². The molecule has 0 radical (unpaired) electrons. The molecule has 1 unspecified atom stereocenters. The van der Waals surface area contributed by atoms with Crippen LogP contribution in [0.1, 0.15) is 12.0 Å². The van der Waals surface area contributed by atoms with Gasteiger partial charge in [-0.1, -0.05) is 12.1 Å². The van der Waals surface area contributed by atoms with E-state index in [-0.39, 0.29) is 5.82 Å². The minimum atomic E-state index is -0.133. The number of likely N-dealkylation sites (N-methyl/N-ethyl adjacent to an activating group) is 1. The molecule has 1 aliphatic heterocycles. The summed E-state index contributed by atoms with van der Waals surface area (Å²) in [6.45, 7) is 3.27. The number of aryl methyl sites for hydroxylation is 1. The van der Waals surface area contributed by atoms with Gasteiger partial charge in [0.25, 0.3) is 0 Å². The summed E-state index contributed by atoms with van der Waals surface area (Å²) >= 11 is 0. The SMILES string of the molecule is CN1CCNC(CCc2cccc(F)c2)C1. The van der Waals surface area contributed by atoms with Crippen molar-refractivity contribution in [3.8, 4) is 0 Å². The van der Waals surface area contributed by atoms with E-state index in [4.69, 9.17) is 0 Å². The van der Waals surface area contributed by atoms with Crippen molar-refractivity contribution in [3.63, 3.8) is 0 Å². The first-order chi connectivity index (χ1) is 7.74. The van der Waals surface area contributed by atoms with Crippen molar-refractivity contribution in [2.24, 2.45) is 0 Å². The summed E-state index contributed by atoms with van der Waals surface area (Å²) in [5.74, 6) is -0.133. The van der Waals surface area contributed by atoms with Crippen LogP contribution < -0.4 is 5.32 Å². The molecule has 0 aliphatic carbocycles. The minimum Gasteiger partial charge on any atom is -0.311 e. The minimum absolute atomic E-state index is 0.133. The summed E-state index contributed by atoms with van der Waals surface area (Å²) in [6.07, 6.45) is 2.02. The Bertz CT molecular complexity index is 340. The second-order valence-electron chi connectivity index (χ2n) is 4.58. The number of nitrogens with one attached hydrogen (secondary N) is 1. The van der Waals surface area contributed by atoms with Crippen molar-refractivity contribution < 1.29 is 4.39 Å². The zero-order valence-corrected chi connectivity index (χ0v) is 9.75. The van der Waals surface area contributed by atoms with Gasteiger partial charge >= 0.3 is 0 Å². The lowest BCUT2D eigenvalue weighted by Crippen LogP contribution is -2.49. The maximum atomic E-state index is 13.0. The van der Waals surface area contributed by atoms with Crippen LogP contribution in [0.2, 0.25) is 0 Å². The molecule has 1 saturated heterocycles. The molecule has 16 heavy (non-hydrogen) atoms. The monoisotopic (exact) mass is 222 g/mol. The summed E-state index contributed by atoms with van der Waals surface area (Å²) in [5, 5.41) is 3.50. The third-order valence-corrected chi connectivity index (χ3v) is 3.13. The first-order valence-corrected chi connectivity index (χ1v) is 5.90. The first kappa shape index (κ1) is 11.6. The molecule has 3 heteroatoms. The Kier molecular flexibility index (Phi) is 3.91. The van der Waals surface area contributed by atoms with Crippen LogP contribution in [0.15, 0.2) is 24.3 Å². The highest BCUT2D eigenvalue weighted by atomic mass is 19.1. The van der Waals surface area contributed by atoms with Crippen molar-refractivity contribution in [2.75, 3.05) is 26.7 Å². The van der Waals surface area contributed by atoms with Crippen LogP contribution in [0.4, 0.5) is 4.39 Å². The van der Waals surface area contributed by atoms with Crippen LogP contribution in [0.3, 0.4) is 0 Å². The van der Waals surface area contributed by atoms with Crippen LogP contribution in [-0.4, -0.2) is 37.6 Å². The van der Waals surface area contributed by atoms with Gasteiger partial charge in [-0.2, -0.15) is 0 Å². The Morgan fingerprint density at radius 3 is 3.12 bits per heavy atom. The molecule has 88 valence electrons. The van der Waals surface area contributed by atoms with Gasteiger partial charge in [0.2, 0.25) is 0 Å². The van der Waals surface area contributed by atoms with Crippen molar-refractivity contribution in [2.45, 2.75) is 18.9 Å². The van der Waals surface area contributed by atoms with Crippen LogP contribution in [0, 0.1) is 5.82 Å². The lowest BCUT2D eigenvalue weighted by Gasteiger charge is -2.30. The van der Waals surface area contributed by atoms with E-state index < -0.39 is 0 Å². The van der Waals surface area contributed by atoms with Gasteiger partial charge in [0.15, 0.2) is 0 Å². The molecule has 2 rings (SSSR count). The van der Waals surface area contributed by atoms with Crippen LogP contribution in [0.25, 0.3) is 0 Å². The van der Waals surface area contributed by atoms with Gasteiger partial charge in [-0.15, -0.1) is 0 Å².